The van der Waals surface area contributed by atoms with E-state index in [9.17, 15) is 15.0 Å². The van der Waals surface area contributed by atoms with Crippen LogP contribution in [0.3, 0.4) is 0 Å². The summed E-state index contributed by atoms with van der Waals surface area (Å²) in [7, 11) is 0. The summed E-state index contributed by atoms with van der Waals surface area (Å²) in [6, 6.07) is 0. The molecule has 1 aliphatic rings. The van der Waals surface area contributed by atoms with Gasteiger partial charge in [-0.15, -0.1) is 11.8 Å². The summed E-state index contributed by atoms with van der Waals surface area (Å²) in [6.45, 7) is 0. The third-order valence-electron chi connectivity index (χ3n) is 3.78. The van der Waals surface area contributed by atoms with Gasteiger partial charge in [-0.3, -0.25) is 0 Å². The largest absolute Gasteiger partial charge is 0.479 e. The molecule has 0 aliphatic heterocycles. The standard InChI is InChI=1S/C13H18O3S2/c1-17-11-8-18-7-10(11)13(16,12(14)15)9-5-3-2-4-6-9/h7-9,16H,2-6H2,1H3,(H,14,15). The lowest BCUT2D eigenvalue weighted by Gasteiger charge is -2.35. The molecule has 100 valence electrons. The number of hydrogen-bond donors (Lipinski definition) is 2. The van der Waals surface area contributed by atoms with Crippen molar-refractivity contribution in [3.63, 3.8) is 0 Å². The highest BCUT2D eigenvalue weighted by molar-refractivity contribution is 7.98. The van der Waals surface area contributed by atoms with Crippen molar-refractivity contribution < 1.29 is 15.0 Å². The first-order chi connectivity index (χ1) is 8.60. The molecule has 0 radical (unpaired) electrons. The van der Waals surface area contributed by atoms with Crippen LogP contribution < -0.4 is 0 Å². The van der Waals surface area contributed by atoms with Crippen molar-refractivity contribution in [2.75, 3.05) is 6.26 Å². The van der Waals surface area contributed by atoms with Crippen LogP contribution in [0, 0.1) is 5.92 Å². The van der Waals surface area contributed by atoms with Gasteiger partial charge in [0, 0.05) is 21.8 Å². The fourth-order valence-corrected chi connectivity index (χ4v) is 4.57. The van der Waals surface area contributed by atoms with Crippen molar-refractivity contribution in [2.45, 2.75) is 42.6 Å². The Kier molecular flexibility index (Phi) is 4.35. The normalized spacial score (nSPS) is 20.6. The van der Waals surface area contributed by atoms with E-state index in [-0.39, 0.29) is 5.92 Å². The molecule has 1 saturated carbocycles. The van der Waals surface area contributed by atoms with Crippen molar-refractivity contribution in [1.29, 1.82) is 0 Å². The van der Waals surface area contributed by atoms with E-state index in [1.165, 1.54) is 23.1 Å². The molecule has 5 heteroatoms. The summed E-state index contributed by atoms with van der Waals surface area (Å²) in [6.07, 6.45) is 6.68. The molecule has 0 aromatic carbocycles. The van der Waals surface area contributed by atoms with Gasteiger partial charge in [-0.1, -0.05) is 19.3 Å². The van der Waals surface area contributed by atoms with Crippen LogP contribution >= 0.6 is 23.1 Å². The zero-order chi connectivity index (χ0) is 13.2. The van der Waals surface area contributed by atoms with Gasteiger partial charge in [0.25, 0.3) is 0 Å². The third kappa shape index (κ3) is 2.31. The second kappa shape index (κ2) is 5.63. The predicted molar refractivity (Wildman–Crippen MR) is 74.2 cm³/mol. The Hall–Kier alpha value is -0.520. The van der Waals surface area contributed by atoms with Crippen molar-refractivity contribution in [3.8, 4) is 0 Å². The Balaban J connectivity index is 2.40. The number of aliphatic carboxylic acids is 1. The smallest absolute Gasteiger partial charge is 0.340 e. The minimum atomic E-state index is -1.71. The molecule has 1 aromatic heterocycles. The second-order valence-corrected chi connectivity index (χ2v) is 6.35. The van der Waals surface area contributed by atoms with Crippen molar-refractivity contribution in [3.05, 3.63) is 16.3 Å². The first-order valence-electron chi connectivity index (χ1n) is 6.17. The van der Waals surface area contributed by atoms with Crippen LogP contribution in [0.15, 0.2) is 15.7 Å². The van der Waals surface area contributed by atoms with Crippen LogP contribution in [0.25, 0.3) is 0 Å². The summed E-state index contributed by atoms with van der Waals surface area (Å²) in [5.41, 5.74) is -1.13. The van der Waals surface area contributed by atoms with E-state index in [2.05, 4.69) is 0 Å². The van der Waals surface area contributed by atoms with E-state index in [4.69, 9.17) is 0 Å². The Morgan fingerprint density at radius 2 is 2.06 bits per heavy atom. The Labute approximate surface area is 115 Å². The molecule has 0 bridgehead atoms. The number of carboxylic acid groups (broad SMARTS) is 1. The van der Waals surface area contributed by atoms with Gasteiger partial charge >= 0.3 is 5.97 Å². The highest BCUT2D eigenvalue weighted by atomic mass is 32.2. The first-order valence-corrected chi connectivity index (χ1v) is 8.34. The monoisotopic (exact) mass is 286 g/mol. The Bertz CT molecular complexity index is 424. The van der Waals surface area contributed by atoms with Crippen LogP contribution in [0.5, 0.6) is 0 Å². The molecule has 1 fully saturated rings. The summed E-state index contributed by atoms with van der Waals surface area (Å²) in [4.78, 5) is 12.5. The number of hydrogen-bond acceptors (Lipinski definition) is 4. The van der Waals surface area contributed by atoms with Crippen LogP contribution in [-0.4, -0.2) is 22.4 Å². The average molecular weight is 286 g/mol. The third-order valence-corrected chi connectivity index (χ3v) is 5.45. The molecule has 1 unspecified atom stereocenters. The number of carbonyl (C=O) groups is 1. The van der Waals surface area contributed by atoms with Gasteiger partial charge in [-0.25, -0.2) is 4.79 Å². The Morgan fingerprint density at radius 1 is 1.39 bits per heavy atom. The topological polar surface area (TPSA) is 57.5 Å². The lowest BCUT2D eigenvalue weighted by molar-refractivity contribution is -0.168. The number of thioether (sulfide) groups is 1. The molecule has 3 nitrogen and oxygen atoms in total. The number of rotatable bonds is 4. The SMILES string of the molecule is CSc1cscc1C(O)(C(=O)O)C1CCCCC1. The summed E-state index contributed by atoms with van der Waals surface area (Å²) >= 11 is 2.95. The van der Waals surface area contributed by atoms with E-state index in [1.807, 2.05) is 11.6 Å². The summed E-state index contributed by atoms with van der Waals surface area (Å²) < 4.78 is 0. The lowest BCUT2D eigenvalue weighted by atomic mass is 9.74. The van der Waals surface area contributed by atoms with Crippen LogP contribution in [0.4, 0.5) is 0 Å². The van der Waals surface area contributed by atoms with E-state index in [0.29, 0.717) is 5.56 Å². The van der Waals surface area contributed by atoms with Gasteiger partial charge in [0.15, 0.2) is 5.60 Å². The summed E-state index contributed by atoms with van der Waals surface area (Å²) in [5, 5.41) is 24.0. The van der Waals surface area contributed by atoms with Gasteiger partial charge in [-0.2, -0.15) is 11.3 Å². The fourth-order valence-electron chi connectivity index (χ4n) is 2.75. The van der Waals surface area contributed by atoms with Crippen LogP contribution in [0.1, 0.15) is 37.7 Å². The molecular weight excluding hydrogens is 268 g/mol. The highest BCUT2D eigenvalue weighted by Crippen LogP contribution is 2.43. The molecule has 0 spiro atoms. The molecule has 1 aromatic rings. The first kappa shape index (κ1) is 13.9. The molecule has 0 amide bonds. The minimum absolute atomic E-state index is 0.163. The van der Waals surface area contributed by atoms with E-state index in [1.54, 1.807) is 5.38 Å². The Morgan fingerprint density at radius 3 is 2.61 bits per heavy atom. The molecule has 2 rings (SSSR count). The number of thiophene rings is 1. The maximum Gasteiger partial charge on any atom is 0.340 e. The zero-order valence-corrected chi connectivity index (χ0v) is 12.0. The molecule has 1 aliphatic carbocycles. The highest BCUT2D eigenvalue weighted by Gasteiger charge is 2.47. The molecule has 1 heterocycles. The van der Waals surface area contributed by atoms with Gasteiger partial charge < -0.3 is 10.2 Å². The quantitative estimate of drug-likeness (QED) is 0.834. The maximum absolute atomic E-state index is 11.6. The van der Waals surface area contributed by atoms with Crippen LogP contribution in [-0.2, 0) is 10.4 Å². The maximum atomic E-state index is 11.6. The van der Waals surface area contributed by atoms with Crippen molar-refractivity contribution in [2.24, 2.45) is 5.92 Å². The predicted octanol–water partition coefficient (Wildman–Crippen LogP) is 3.32. The summed E-state index contributed by atoms with van der Waals surface area (Å²) in [5.74, 6) is -1.27. The second-order valence-electron chi connectivity index (χ2n) is 4.76. The molecule has 2 N–H and O–H groups in total. The van der Waals surface area contributed by atoms with Gasteiger partial charge in [0.05, 0.1) is 0 Å². The van der Waals surface area contributed by atoms with Gasteiger partial charge in [0.1, 0.15) is 0 Å². The van der Waals surface area contributed by atoms with E-state index < -0.39 is 11.6 Å². The molecule has 0 saturated heterocycles. The number of aliphatic hydroxyl groups is 1. The minimum Gasteiger partial charge on any atom is -0.479 e. The fraction of sp³-hybridized carbons (Fsp3) is 0.615. The van der Waals surface area contributed by atoms with Crippen molar-refractivity contribution >= 4 is 29.1 Å². The van der Waals surface area contributed by atoms with Crippen LogP contribution in [0.2, 0.25) is 0 Å². The number of carboxylic acids is 1. The average Bonchev–Trinajstić information content (AvgIpc) is 2.87. The van der Waals surface area contributed by atoms with E-state index >= 15 is 0 Å². The zero-order valence-electron chi connectivity index (χ0n) is 10.4. The molecule has 1 atom stereocenters. The van der Waals surface area contributed by atoms with E-state index in [0.717, 1.165) is 37.0 Å². The molecule has 18 heavy (non-hydrogen) atoms. The molecular formula is C13H18O3S2. The van der Waals surface area contributed by atoms with Crippen molar-refractivity contribution in [1.82, 2.24) is 0 Å². The van der Waals surface area contributed by atoms with Gasteiger partial charge in [0.2, 0.25) is 0 Å². The lowest BCUT2D eigenvalue weighted by Crippen LogP contribution is -2.44. The van der Waals surface area contributed by atoms with Gasteiger partial charge in [-0.05, 0) is 24.5 Å².